The number of primary amides is 1. The number of carbonyl (C=O) groups is 3. The molecular formula is C21H32N6O4. The highest BCUT2D eigenvalue weighted by Crippen LogP contribution is 2.44. The van der Waals surface area contributed by atoms with Gasteiger partial charge in [-0.15, -0.1) is 5.10 Å². The van der Waals surface area contributed by atoms with Gasteiger partial charge in [0.15, 0.2) is 0 Å². The Morgan fingerprint density at radius 1 is 1.32 bits per heavy atom. The van der Waals surface area contributed by atoms with Crippen LogP contribution in [0.1, 0.15) is 70.5 Å². The third-order valence-electron chi connectivity index (χ3n) is 6.68. The number of aromatic nitrogens is 3. The Bertz CT molecular complexity index is 883. The first-order valence-corrected chi connectivity index (χ1v) is 11.0. The third-order valence-corrected chi connectivity index (χ3v) is 6.68. The second-order valence-corrected chi connectivity index (χ2v) is 10.4. The molecule has 4 rings (SSSR count). The predicted molar refractivity (Wildman–Crippen MR) is 110 cm³/mol. The molecule has 3 aliphatic rings. The van der Waals surface area contributed by atoms with Crippen LogP contribution in [-0.2, 0) is 14.4 Å². The van der Waals surface area contributed by atoms with Gasteiger partial charge >= 0.3 is 0 Å². The maximum atomic E-state index is 13.6. The van der Waals surface area contributed by atoms with Crippen LogP contribution in [-0.4, -0.2) is 68.0 Å². The molecule has 0 aromatic carbocycles. The average molecular weight is 433 g/mol. The van der Waals surface area contributed by atoms with E-state index in [1.165, 1.54) is 4.90 Å². The van der Waals surface area contributed by atoms with E-state index in [2.05, 4.69) is 15.6 Å². The molecule has 3 fully saturated rings. The minimum absolute atomic E-state index is 0.0780. The SMILES string of the molecule is CC(C)(C)[C@@H](C(=O)N1CC(O)CC1C(=O)NCC1(C(N)=O)CC1)n1cc(C2CC2)nn1. The molecule has 2 aliphatic carbocycles. The van der Waals surface area contributed by atoms with E-state index in [4.69, 9.17) is 5.73 Å². The normalized spacial score (nSPS) is 25.9. The van der Waals surface area contributed by atoms with Gasteiger partial charge in [0.2, 0.25) is 17.7 Å². The number of rotatable bonds is 7. The lowest BCUT2D eigenvalue weighted by Gasteiger charge is -2.34. The molecule has 10 heteroatoms. The van der Waals surface area contributed by atoms with Crippen LogP contribution in [0.15, 0.2) is 6.20 Å². The molecule has 2 unspecified atom stereocenters. The van der Waals surface area contributed by atoms with Crippen LogP contribution in [0.3, 0.4) is 0 Å². The molecule has 1 aliphatic heterocycles. The number of hydrogen-bond acceptors (Lipinski definition) is 6. The molecule has 4 N–H and O–H groups in total. The number of amides is 3. The molecule has 31 heavy (non-hydrogen) atoms. The molecule has 1 aromatic heterocycles. The second-order valence-electron chi connectivity index (χ2n) is 10.4. The Balaban J connectivity index is 1.51. The number of hydrogen-bond donors (Lipinski definition) is 3. The number of likely N-dealkylation sites (tertiary alicyclic amines) is 1. The topological polar surface area (TPSA) is 143 Å². The van der Waals surface area contributed by atoms with Gasteiger partial charge in [-0.3, -0.25) is 14.4 Å². The molecule has 1 aromatic rings. The summed E-state index contributed by atoms with van der Waals surface area (Å²) in [5.41, 5.74) is 5.17. The van der Waals surface area contributed by atoms with Crippen LogP contribution in [0.2, 0.25) is 0 Å². The molecule has 3 atom stereocenters. The summed E-state index contributed by atoms with van der Waals surface area (Å²) in [6, 6.07) is -1.46. The van der Waals surface area contributed by atoms with Crippen LogP contribution in [0.4, 0.5) is 0 Å². The minimum atomic E-state index is -0.803. The molecule has 0 radical (unpaired) electrons. The summed E-state index contributed by atoms with van der Waals surface area (Å²) in [6.45, 7) is 6.07. The standard InChI is InChI=1S/C21H32N6O4/c1-20(2,3)16(27-10-14(24-25-27)12-4-5-12)18(30)26-9-13(28)8-15(26)17(29)23-11-21(6-7-21)19(22)31/h10,12-13,15-16,28H,4-9,11H2,1-3H3,(H2,22,31)(H,23,29)/t13?,15?,16-/m1/s1. The number of nitrogens with zero attached hydrogens (tertiary/aromatic N) is 4. The Labute approximate surface area is 181 Å². The van der Waals surface area contributed by atoms with E-state index < -0.39 is 34.9 Å². The van der Waals surface area contributed by atoms with Crippen molar-refractivity contribution in [1.82, 2.24) is 25.2 Å². The van der Waals surface area contributed by atoms with Gasteiger partial charge in [0.05, 0.1) is 17.2 Å². The molecular weight excluding hydrogens is 400 g/mol. The zero-order valence-corrected chi connectivity index (χ0v) is 18.4. The minimum Gasteiger partial charge on any atom is -0.391 e. The summed E-state index contributed by atoms with van der Waals surface area (Å²) >= 11 is 0. The largest absolute Gasteiger partial charge is 0.391 e. The van der Waals surface area contributed by atoms with Crippen molar-refractivity contribution in [2.45, 2.75) is 77.0 Å². The van der Waals surface area contributed by atoms with Gasteiger partial charge in [0, 0.05) is 31.6 Å². The van der Waals surface area contributed by atoms with Crippen LogP contribution >= 0.6 is 0 Å². The van der Waals surface area contributed by atoms with Crippen molar-refractivity contribution in [1.29, 1.82) is 0 Å². The van der Waals surface area contributed by atoms with Crippen LogP contribution < -0.4 is 11.1 Å². The quantitative estimate of drug-likeness (QED) is 0.557. The van der Waals surface area contributed by atoms with Gasteiger partial charge < -0.3 is 21.1 Å². The number of nitrogens with one attached hydrogen (secondary N) is 1. The van der Waals surface area contributed by atoms with Crippen LogP contribution in [0.25, 0.3) is 0 Å². The smallest absolute Gasteiger partial charge is 0.248 e. The number of nitrogens with two attached hydrogens (primary N) is 1. The maximum Gasteiger partial charge on any atom is 0.248 e. The Kier molecular flexibility index (Phi) is 5.31. The van der Waals surface area contributed by atoms with Gasteiger partial charge in [-0.05, 0) is 31.1 Å². The van der Waals surface area contributed by atoms with Crippen molar-refractivity contribution in [3.63, 3.8) is 0 Å². The number of β-amino-alcohol motifs (C(OH)–C–C–N with tert-alkyl or cyclic N) is 1. The maximum absolute atomic E-state index is 13.6. The van der Waals surface area contributed by atoms with Gasteiger partial charge in [0.1, 0.15) is 12.1 Å². The van der Waals surface area contributed by atoms with E-state index in [0.29, 0.717) is 18.8 Å². The summed E-state index contributed by atoms with van der Waals surface area (Å²) in [7, 11) is 0. The third kappa shape index (κ3) is 4.30. The molecule has 1 saturated heterocycles. The fourth-order valence-electron chi connectivity index (χ4n) is 4.36. The Morgan fingerprint density at radius 3 is 2.55 bits per heavy atom. The summed E-state index contributed by atoms with van der Waals surface area (Å²) in [4.78, 5) is 39.6. The van der Waals surface area contributed by atoms with Crippen LogP contribution in [0, 0.1) is 10.8 Å². The summed E-state index contributed by atoms with van der Waals surface area (Å²) in [5, 5.41) is 21.5. The van der Waals surface area contributed by atoms with Crippen molar-refractivity contribution < 1.29 is 19.5 Å². The second kappa shape index (κ2) is 7.58. The highest BCUT2D eigenvalue weighted by Gasteiger charge is 2.50. The molecule has 170 valence electrons. The van der Waals surface area contributed by atoms with Gasteiger partial charge in [-0.2, -0.15) is 0 Å². The van der Waals surface area contributed by atoms with Crippen molar-refractivity contribution in [3.8, 4) is 0 Å². The highest BCUT2D eigenvalue weighted by atomic mass is 16.3. The highest BCUT2D eigenvalue weighted by molar-refractivity contribution is 5.91. The van der Waals surface area contributed by atoms with Gasteiger partial charge in [0.25, 0.3) is 0 Å². The molecule has 3 amide bonds. The molecule has 2 heterocycles. The summed E-state index contributed by atoms with van der Waals surface area (Å²) in [6.07, 6.45) is 4.67. The molecule has 0 bridgehead atoms. The fraction of sp³-hybridized carbons (Fsp3) is 0.762. The lowest BCUT2D eigenvalue weighted by Crippen LogP contribution is -2.51. The van der Waals surface area contributed by atoms with E-state index in [9.17, 15) is 19.5 Å². The number of aliphatic hydroxyl groups excluding tert-OH is 1. The lowest BCUT2D eigenvalue weighted by atomic mass is 9.85. The van der Waals surface area contributed by atoms with Crippen LogP contribution in [0.5, 0.6) is 0 Å². The Morgan fingerprint density at radius 2 is 2.00 bits per heavy atom. The number of carbonyl (C=O) groups excluding carboxylic acids is 3. The van der Waals surface area contributed by atoms with Crippen molar-refractivity contribution >= 4 is 17.7 Å². The Hall–Kier alpha value is -2.49. The number of aliphatic hydroxyl groups is 1. The summed E-state index contributed by atoms with van der Waals surface area (Å²) < 4.78 is 1.60. The molecule has 10 nitrogen and oxygen atoms in total. The first-order chi connectivity index (χ1) is 14.5. The first-order valence-electron chi connectivity index (χ1n) is 11.0. The lowest BCUT2D eigenvalue weighted by molar-refractivity contribution is -0.144. The first kappa shape index (κ1) is 21.7. The predicted octanol–water partition coefficient (Wildman–Crippen LogP) is 0.0862. The van der Waals surface area contributed by atoms with E-state index in [-0.39, 0.29) is 31.3 Å². The molecule has 2 saturated carbocycles. The monoisotopic (exact) mass is 432 g/mol. The van der Waals surface area contributed by atoms with Gasteiger partial charge in [-0.1, -0.05) is 26.0 Å². The van der Waals surface area contributed by atoms with Gasteiger partial charge in [-0.25, -0.2) is 4.68 Å². The van der Waals surface area contributed by atoms with E-state index in [0.717, 1.165) is 18.5 Å². The van der Waals surface area contributed by atoms with Crippen molar-refractivity contribution in [3.05, 3.63) is 11.9 Å². The van der Waals surface area contributed by atoms with Crippen molar-refractivity contribution in [2.24, 2.45) is 16.6 Å². The van der Waals surface area contributed by atoms with E-state index in [1.807, 2.05) is 27.0 Å². The van der Waals surface area contributed by atoms with E-state index in [1.54, 1.807) is 4.68 Å². The van der Waals surface area contributed by atoms with E-state index >= 15 is 0 Å². The molecule has 0 spiro atoms. The van der Waals surface area contributed by atoms with Crippen molar-refractivity contribution in [2.75, 3.05) is 13.1 Å². The average Bonchev–Trinajstić information content (AvgIpc) is 3.59. The fourth-order valence-corrected chi connectivity index (χ4v) is 4.36. The summed E-state index contributed by atoms with van der Waals surface area (Å²) in [5.74, 6) is -0.649. The zero-order valence-electron chi connectivity index (χ0n) is 18.4. The zero-order chi connectivity index (χ0) is 22.6.